The maximum atomic E-state index is 12.0. The first-order valence-corrected chi connectivity index (χ1v) is 5.72. The number of aromatic hydroxyl groups is 1. The van der Waals surface area contributed by atoms with E-state index in [4.69, 9.17) is 16.0 Å². The van der Waals surface area contributed by atoms with E-state index in [1.54, 1.807) is 25.2 Å². The predicted molar refractivity (Wildman–Crippen MR) is 67.6 cm³/mol. The van der Waals surface area contributed by atoms with Gasteiger partial charge in [0, 0.05) is 13.6 Å². The molecule has 1 aromatic carbocycles. The van der Waals surface area contributed by atoms with Crippen LogP contribution in [0.15, 0.2) is 41.0 Å². The van der Waals surface area contributed by atoms with Crippen LogP contribution in [0, 0.1) is 0 Å². The molecule has 0 saturated carbocycles. The van der Waals surface area contributed by atoms with Crippen LogP contribution in [-0.2, 0) is 6.54 Å². The Morgan fingerprint density at radius 3 is 2.83 bits per heavy atom. The fourth-order valence-corrected chi connectivity index (χ4v) is 1.85. The highest BCUT2D eigenvalue weighted by molar-refractivity contribution is 6.32. The molecule has 1 heterocycles. The summed E-state index contributed by atoms with van der Waals surface area (Å²) in [4.78, 5) is 13.5. The first-order valence-electron chi connectivity index (χ1n) is 5.34. The van der Waals surface area contributed by atoms with Gasteiger partial charge in [-0.2, -0.15) is 0 Å². The molecule has 0 aliphatic carbocycles. The van der Waals surface area contributed by atoms with E-state index in [0.717, 1.165) is 5.56 Å². The fraction of sp³-hybridized carbons (Fsp3) is 0.154. The topological polar surface area (TPSA) is 53.7 Å². The van der Waals surface area contributed by atoms with Crippen molar-refractivity contribution in [1.82, 2.24) is 4.90 Å². The summed E-state index contributed by atoms with van der Waals surface area (Å²) < 4.78 is 4.88. The second-order valence-corrected chi connectivity index (χ2v) is 4.28. The number of amides is 1. The van der Waals surface area contributed by atoms with Gasteiger partial charge in [-0.15, -0.1) is 0 Å². The highest BCUT2D eigenvalue weighted by Crippen LogP contribution is 2.19. The zero-order valence-corrected chi connectivity index (χ0v) is 10.5. The lowest BCUT2D eigenvalue weighted by molar-refractivity contribution is 0.0784. The molecule has 0 atom stereocenters. The lowest BCUT2D eigenvalue weighted by Crippen LogP contribution is -2.25. The molecule has 1 amide bonds. The van der Waals surface area contributed by atoms with Crippen molar-refractivity contribution < 1.29 is 14.3 Å². The molecule has 0 fully saturated rings. The van der Waals surface area contributed by atoms with Crippen LogP contribution in [0.2, 0.25) is 5.22 Å². The Bertz CT molecular complexity index is 565. The normalized spacial score (nSPS) is 10.3. The maximum Gasteiger partial charge on any atom is 0.258 e. The van der Waals surface area contributed by atoms with Crippen molar-refractivity contribution in [1.29, 1.82) is 0 Å². The van der Waals surface area contributed by atoms with Crippen molar-refractivity contribution in [3.05, 3.63) is 52.9 Å². The van der Waals surface area contributed by atoms with Gasteiger partial charge >= 0.3 is 0 Å². The standard InChI is InChI=1S/C13H12ClNO3/c1-15(8-9-3-2-4-10(16)7-9)13(17)11-5-6-18-12(11)14/h2-7,16H,8H2,1H3. The minimum atomic E-state index is -0.225. The molecule has 94 valence electrons. The molecule has 0 unspecified atom stereocenters. The Labute approximate surface area is 109 Å². The molecule has 0 spiro atoms. The van der Waals surface area contributed by atoms with Gasteiger partial charge in [-0.3, -0.25) is 4.79 Å². The van der Waals surface area contributed by atoms with Crippen LogP contribution in [0.25, 0.3) is 0 Å². The van der Waals surface area contributed by atoms with Crippen molar-refractivity contribution in [2.24, 2.45) is 0 Å². The average Bonchev–Trinajstić information content (AvgIpc) is 2.74. The summed E-state index contributed by atoms with van der Waals surface area (Å²) in [6.07, 6.45) is 1.37. The van der Waals surface area contributed by atoms with Crippen LogP contribution in [0.1, 0.15) is 15.9 Å². The van der Waals surface area contributed by atoms with E-state index in [1.807, 2.05) is 6.07 Å². The summed E-state index contributed by atoms with van der Waals surface area (Å²) in [6.45, 7) is 0.384. The Hall–Kier alpha value is -1.94. The lowest BCUT2D eigenvalue weighted by Gasteiger charge is -2.16. The van der Waals surface area contributed by atoms with Crippen LogP contribution >= 0.6 is 11.6 Å². The first kappa shape index (κ1) is 12.5. The van der Waals surface area contributed by atoms with E-state index in [1.165, 1.54) is 17.2 Å². The lowest BCUT2D eigenvalue weighted by atomic mass is 10.2. The summed E-state index contributed by atoms with van der Waals surface area (Å²) >= 11 is 5.75. The number of carbonyl (C=O) groups is 1. The molecular weight excluding hydrogens is 254 g/mol. The number of phenols is 1. The first-order chi connectivity index (χ1) is 8.58. The minimum Gasteiger partial charge on any atom is -0.508 e. The van der Waals surface area contributed by atoms with Gasteiger partial charge in [0.15, 0.2) is 0 Å². The fourth-order valence-electron chi connectivity index (χ4n) is 1.65. The number of benzene rings is 1. The third kappa shape index (κ3) is 2.65. The quantitative estimate of drug-likeness (QED) is 0.928. The van der Waals surface area contributed by atoms with E-state index >= 15 is 0 Å². The molecular formula is C13H12ClNO3. The second kappa shape index (κ2) is 5.14. The number of nitrogens with zero attached hydrogens (tertiary/aromatic N) is 1. The average molecular weight is 266 g/mol. The van der Waals surface area contributed by atoms with Crippen molar-refractivity contribution in [2.45, 2.75) is 6.54 Å². The number of hydrogen-bond acceptors (Lipinski definition) is 3. The minimum absolute atomic E-state index is 0.0859. The van der Waals surface area contributed by atoms with Gasteiger partial charge in [-0.25, -0.2) is 0 Å². The van der Waals surface area contributed by atoms with Crippen molar-refractivity contribution >= 4 is 17.5 Å². The predicted octanol–water partition coefficient (Wildman–Crippen LogP) is 2.91. The van der Waals surface area contributed by atoms with Gasteiger partial charge in [0.25, 0.3) is 5.91 Å². The van der Waals surface area contributed by atoms with Gasteiger partial charge in [0.1, 0.15) is 5.75 Å². The molecule has 0 aliphatic heterocycles. The number of carbonyl (C=O) groups excluding carboxylic acids is 1. The Balaban J connectivity index is 2.11. The number of furan rings is 1. The smallest absolute Gasteiger partial charge is 0.258 e. The van der Waals surface area contributed by atoms with Gasteiger partial charge in [0.05, 0.1) is 11.8 Å². The highest BCUT2D eigenvalue weighted by Gasteiger charge is 2.17. The second-order valence-electron chi connectivity index (χ2n) is 3.94. The zero-order chi connectivity index (χ0) is 13.1. The van der Waals surface area contributed by atoms with E-state index in [2.05, 4.69) is 0 Å². The maximum absolute atomic E-state index is 12.0. The third-order valence-corrected chi connectivity index (χ3v) is 2.82. The summed E-state index contributed by atoms with van der Waals surface area (Å²) in [5.41, 5.74) is 1.17. The summed E-state index contributed by atoms with van der Waals surface area (Å²) in [5.74, 6) is -0.0493. The van der Waals surface area contributed by atoms with Crippen LogP contribution < -0.4 is 0 Å². The molecule has 2 aromatic rings. The molecule has 1 aromatic heterocycles. The molecule has 0 aliphatic rings. The van der Waals surface area contributed by atoms with Crippen molar-refractivity contribution in [3.8, 4) is 5.75 Å². The van der Waals surface area contributed by atoms with Crippen molar-refractivity contribution in [2.75, 3.05) is 7.05 Å². The Morgan fingerprint density at radius 1 is 1.44 bits per heavy atom. The number of halogens is 1. The zero-order valence-electron chi connectivity index (χ0n) is 9.76. The van der Waals surface area contributed by atoms with E-state index < -0.39 is 0 Å². The molecule has 0 saturated heterocycles. The van der Waals surface area contributed by atoms with Crippen molar-refractivity contribution in [3.63, 3.8) is 0 Å². The number of phenolic OH excluding ortho intramolecular Hbond substituents is 1. The summed E-state index contributed by atoms with van der Waals surface area (Å²) in [5, 5.41) is 9.44. The van der Waals surface area contributed by atoms with Crippen LogP contribution in [0.5, 0.6) is 5.75 Å². The third-order valence-electron chi connectivity index (χ3n) is 2.53. The van der Waals surface area contributed by atoms with Gasteiger partial charge < -0.3 is 14.4 Å². The molecule has 1 N–H and O–H groups in total. The van der Waals surface area contributed by atoms with Gasteiger partial charge in [-0.05, 0) is 35.4 Å². The molecule has 0 bridgehead atoms. The highest BCUT2D eigenvalue weighted by atomic mass is 35.5. The summed E-state index contributed by atoms with van der Waals surface area (Å²) in [7, 11) is 1.66. The van der Waals surface area contributed by atoms with E-state index in [0.29, 0.717) is 12.1 Å². The Morgan fingerprint density at radius 2 is 2.22 bits per heavy atom. The monoisotopic (exact) mass is 265 g/mol. The van der Waals surface area contributed by atoms with Crippen LogP contribution in [-0.4, -0.2) is 23.0 Å². The van der Waals surface area contributed by atoms with E-state index in [-0.39, 0.29) is 16.9 Å². The molecule has 0 radical (unpaired) electrons. The molecule has 5 heteroatoms. The molecule has 2 rings (SSSR count). The van der Waals surface area contributed by atoms with Gasteiger partial charge in [0.2, 0.25) is 5.22 Å². The summed E-state index contributed by atoms with van der Waals surface area (Å²) in [6, 6.07) is 8.29. The Kier molecular flexibility index (Phi) is 3.58. The molecule has 18 heavy (non-hydrogen) atoms. The molecule has 4 nitrogen and oxygen atoms in total. The number of hydrogen-bond donors (Lipinski definition) is 1. The van der Waals surface area contributed by atoms with Crippen LogP contribution in [0.3, 0.4) is 0 Å². The number of rotatable bonds is 3. The van der Waals surface area contributed by atoms with E-state index in [9.17, 15) is 9.90 Å². The largest absolute Gasteiger partial charge is 0.508 e. The van der Waals surface area contributed by atoms with Crippen LogP contribution in [0.4, 0.5) is 0 Å². The SMILES string of the molecule is CN(Cc1cccc(O)c1)C(=O)c1ccoc1Cl. The van der Waals surface area contributed by atoms with Gasteiger partial charge in [-0.1, -0.05) is 12.1 Å².